The van der Waals surface area contributed by atoms with Crippen molar-refractivity contribution in [3.63, 3.8) is 0 Å². The summed E-state index contributed by atoms with van der Waals surface area (Å²) in [6.45, 7) is 5.66. The van der Waals surface area contributed by atoms with Gasteiger partial charge in [0, 0.05) is 6.42 Å². The predicted molar refractivity (Wildman–Crippen MR) is 104 cm³/mol. The number of rotatable bonds is 8. The molecule has 1 unspecified atom stereocenters. The highest BCUT2D eigenvalue weighted by Crippen LogP contribution is 2.30. The van der Waals surface area contributed by atoms with Gasteiger partial charge in [-0.25, -0.2) is 4.79 Å². The predicted octanol–water partition coefficient (Wildman–Crippen LogP) is 4.31. The molecule has 0 bridgehead atoms. The third-order valence-electron chi connectivity index (χ3n) is 4.02. The van der Waals surface area contributed by atoms with Crippen molar-refractivity contribution in [1.82, 2.24) is 0 Å². The Labute approximate surface area is 159 Å². The number of methoxy groups -OCH3 is 1. The molecule has 0 spiro atoms. The number of carbonyl (C=O) groups is 2. The van der Waals surface area contributed by atoms with E-state index in [1.54, 1.807) is 13.2 Å². The molecule has 0 fully saturated rings. The average Bonchev–Trinajstić information content (AvgIpc) is 2.62. The van der Waals surface area contributed by atoms with Gasteiger partial charge < -0.3 is 19.9 Å². The van der Waals surface area contributed by atoms with Gasteiger partial charge in [-0.2, -0.15) is 0 Å². The van der Waals surface area contributed by atoms with Gasteiger partial charge in [-0.15, -0.1) is 0 Å². The lowest BCUT2D eigenvalue weighted by molar-refractivity contribution is -0.116. The van der Waals surface area contributed by atoms with Crippen LogP contribution < -0.4 is 14.8 Å². The van der Waals surface area contributed by atoms with E-state index in [0.717, 1.165) is 11.3 Å². The summed E-state index contributed by atoms with van der Waals surface area (Å²) in [7, 11) is 1.60. The number of benzene rings is 2. The third kappa shape index (κ3) is 5.48. The van der Waals surface area contributed by atoms with E-state index in [4.69, 9.17) is 9.47 Å². The van der Waals surface area contributed by atoms with Gasteiger partial charge in [0.2, 0.25) is 5.91 Å². The van der Waals surface area contributed by atoms with Crippen molar-refractivity contribution in [3.05, 3.63) is 53.6 Å². The molecule has 1 atom stereocenters. The summed E-state index contributed by atoms with van der Waals surface area (Å²) in [5.74, 6) is -0.199. The number of carboxylic acids is 1. The lowest BCUT2D eigenvalue weighted by Crippen LogP contribution is -2.17. The van der Waals surface area contributed by atoms with E-state index in [2.05, 4.69) is 5.32 Å². The van der Waals surface area contributed by atoms with Gasteiger partial charge in [-0.3, -0.25) is 4.79 Å². The highest BCUT2D eigenvalue weighted by molar-refractivity contribution is 5.95. The van der Waals surface area contributed by atoms with E-state index in [1.807, 2.05) is 45.0 Å². The first-order valence-corrected chi connectivity index (χ1v) is 8.78. The zero-order valence-electron chi connectivity index (χ0n) is 16.0. The van der Waals surface area contributed by atoms with Gasteiger partial charge in [-0.05, 0) is 49.6 Å². The van der Waals surface area contributed by atoms with Crippen molar-refractivity contribution in [1.29, 1.82) is 0 Å². The van der Waals surface area contributed by atoms with Gasteiger partial charge in [0.1, 0.15) is 11.5 Å². The number of carbonyl (C=O) groups excluding carboxylic acids is 1. The molecule has 2 N–H and O–H groups in total. The Morgan fingerprint density at radius 2 is 1.78 bits per heavy atom. The Hall–Kier alpha value is -3.02. The molecule has 0 aliphatic heterocycles. The van der Waals surface area contributed by atoms with Crippen molar-refractivity contribution < 1.29 is 24.2 Å². The molecule has 144 valence electrons. The normalized spacial score (nSPS) is 11.7. The first-order chi connectivity index (χ1) is 12.8. The van der Waals surface area contributed by atoms with Gasteiger partial charge >= 0.3 is 5.97 Å². The van der Waals surface area contributed by atoms with Gasteiger partial charge in [0.25, 0.3) is 0 Å². The topological polar surface area (TPSA) is 84.9 Å². The lowest BCUT2D eigenvalue weighted by atomic mass is 9.96. The first-order valence-electron chi connectivity index (χ1n) is 8.78. The summed E-state index contributed by atoms with van der Waals surface area (Å²) in [6.07, 6.45) is 0.113. The summed E-state index contributed by atoms with van der Waals surface area (Å²) >= 11 is 0. The standard InChI is InChI=1S/C21H25NO5/c1-13(2)27-19-10-9-15(21(24)25)12-17(19)22-20(23)11-14(3)16-7-5-6-8-18(16)26-4/h5-10,12-14H,11H2,1-4H3,(H,22,23)(H,24,25). The Morgan fingerprint density at radius 1 is 1.07 bits per heavy atom. The molecule has 0 aromatic heterocycles. The van der Waals surface area contributed by atoms with Gasteiger partial charge in [0.15, 0.2) is 0 Å². The maximum absolute atomic E-state index is 12.6. The number of nitrogens with one attached hydrogen (secondary N) is 1. The van der Waals surface area contributed by atoms with Crippen LogP contribution in [0.25, 0.3) is 0 Å². The van der Waals surface area contributed by atoms with Crippen molar-refractivity contribution >= 4 is 17.6 Å². The minimum absolute atomic E-state index is 0.0710. The quantitative estimate of drug-likeness (QED) is 0.722. The van der Waals surface area contributed by atoms with Crippen LogP contribution in [-0.4, -0.2) is 30.2 Å². The van der Waals surface area contributed by atoms with Crippen molar-refractivity contribution in [3.8, 4) is 11.5 Å². The van der Waals surface area contributed by atoms with Crippen LogP contribution in [0.15, 0.2) is 42.5 Å². The van der Waals surface area contributed by atoms with E-state index in [-0.39, 0.29) is 29.9 Å². The number of aromatic carboxylic acids is 1. The molecule has 1 amide bonds. The zero-order valence-corrected chi connectivity index (χ0v) is 16.0. The Kier molecular flexibility index (Phi) is 6.82. The molecule has 0 radical (unpaired) electrons. The SMILES string of the molecule is COc1ccccc1C(C)CC(=O)Nc1cc(C(=O)O)ccc1OC(C)C. The minimum atomic E-state index is -1.07. The van der Waals surface area contributed by atoms with E-state index in [9.17, 15) is 14.7 Å². The van der Waals surface area contributed by atoms with Crippen LogP contribution >= 0.6 is 0 Å². The molecule has 0 saturated carbocycles. The number of carboxylic acid groups (broad SMARTS) is 1. The van der Waals surface area contributed by atoms with E-state index < -0.39 is 5.97 Å². The Balaban J connectivity index is 2.18. The fraction of sp³-hybridized carbons (Fsp3) is 0.333. The molecule has 0 saturated heterocycles. The van der Waals surface area contributed by atoms with Crippen molar-refractivity contribution in [2.45, 2.75) is 39.2 Å². The first kappa shape index (κ1) is 20.3. The molecule has 2 rings (SSSR count). The average molecular weight is 371 g/mol. The molecule has 2 aromatic carbocycles. The summed E-state index contributed by atoms with van der Waals surface area (Å²) in [5, 5.41) is 12.0. The maximum Gasteiger partial charge on any atom is 0.335 e. The summed E-state index contributed by atoms with van der Waals surface area (Å²) < 4.78 is 11.0. The van der Waals surface area contributed by atoms with E-state index in [0.29, 0.717) is 11.4 Å². The van der Waals surface area contributed by atoms with Crippen LogP contribution in [0.5, 0.6) is 11.5 Å². The maximum atomic E-state index is 12.6. The fourth-order valence-corrected chi connectivity index (χ4v) is 2.78. The van der Waals surface area contributed by atoms with Crippen LogP contribution in [0.3, 0.4) is 0 Å². The number of anilines is 1. The van der Waals surface area contributed by atoms with Crippen molar-refractivity contribution in [2.24, 2.45) is 0 Å². The molecule has 0 aliphatic rings. The molecular formula is C21H25NO5. The molecule has 2 aromatic rings. The third-order valence-corrected chi connectivity index (χ3v) is 4.02. The largest absolute Gasteiger partial charge is 0.496 e. The number of para-hydroxylation sites is 1. The fourth-order valence-electron chi connectivity index (χ4n) is 2.78. The second kappa shape index (κ2) is 9.07. The highest BCUT2D eigenvalue weighted by atomic mass is 16.5. The van der Waals surface area contributed by atoms with Crippen molar-refractivity contribution in [2.75, 3.05) is 12.4 Å². The summed E-state index contributed by atoms with van der Waals surface area (Å²) in [5.41, 5.74) is 1.37. The zero-order chi connectivity index (χ0) is 20.0. The molecule has 6 heteroatoms. The second-order valence-corrected chi connectivity index (χ2v) is 6.58. The summed E-state index contributed by atoms with van der Waals surface area (Å²) in [6, 6.07) is 12.0. The second-order valence-electron chi connectivity index (χ2n) is 6.58. The van der Waals surface area contributed by atoms with Crippen LogP contribution in [0.2, 0.25) is 0 Å². The van der Waals surface area contributed by atoms with Gasteiger partial charge in [0.05, 0.1) is 24.5 Å². The molecule has 27 heavy (non-hydrogen) atoms. The highest BCUT2D eigenvalue weighted by Gasteiger charge is 2.18. The number of amides is 1. The van der Waals surface area contributed by atoms with E-state index in [1.165, 1.54) is 12.1 Å². The molecular weight excluding hydrogens is 346 g/mol. The molecule has 0 heterocycles. The number of ether oxygens (including phenoxy) is 2. The number of hydrogen-bond acceptors (Lipinski definition) is 4. The van der Waals surface area contributed by atoms with Gasteiger partial charge in [-0.1, -0.05) is 25.1 Å². The van der Waals surface area contributed by atoms with Crippen LogP contribution in [-0.2, 0) is 4.79 Å². The Bertz CT molecular complexity index is 816. The van der Waals surface area contributed by atoms with Crippen LogP contribution in [0.4, 0.5) is 5.69 Å². The Morgan fingerprint density at radius 3 is 2.41 bits per heavy atom. The minimum Gasteiger partial charge on any atom is -0.496 e. The molecule has 0 aliphatic carbocycles. The van der Waals surface area contributed by atoms with E-state index >= 15 is 0 Å². The smallest absolute Gasteiger partial charge is 0.335 e. The van der Waals surface area contributed by atoms with Crippen LogP contribution in [0.1, 0.15) is 49.0 Å². The number of hydrogen-bond donors (Lipinski definition) is 2. The van der Waals surface area contributed by atoms with Crippen LogP contribution in [0, 0.1) is 0 Å². The summed E-state index contributed by atoms with van der Waals surface area (Å²) in [4.78, 5) is 23.8. The monoisotopic (exact) mass is 371 g/mol. The lowest BCUT2D eigenvalue weighted by Gasteiger charge is -2.18. The molecule has 6 nitrogen and oxygen atoms in total.